The number of anilines is 1. The summed E-state index contributed by atoms with van der Waals surface area (Å²) >= 11 is 10.9. The molecule has 0 unspecified atom stereocenters. The molecular weight excluding hydrogens is 270 g/mol. The number of rotatable bonds is 3. The van der Waals surface area contributed by atoms with E-state index in [4.69, 9.17) is 28.2 Å². The summed E-state index contributed by atoms with van der Waals surface area (Å²) in [5.74, 6) is 0.646. The number of hydrogen-bond acceptors (Lipinski definition) is 3. The molecule has 2 rings (SSSR count). The molecule has 0 bridgehead atoms. The Bertz CT molecular complexity index is 554. The van der Waals surface area contributed by atoms with Crippen molar-refractivity contribution in [2.24, 2.45) is 5.10 Å². The van der Waals surface area contributed by atoms with E-state index in [1.807, 2.05) is 12.1 Å². The summed E-state index contributed by atoms with van der Waals surface area (Å²) in [7, 11) is 0. The fourth-order valence-corrected chi connectivity index (χ4v) is 1.61. The van der Waals surface area contributed by atoms with Gasteiger partial charge in [-0.3, -0.25) is 5.43 Å². The Morgan fingerprint density at radius 3 is 2.94 bits per heavy atom. The summed E-state index contributed by atoms with van der Waals surface area (Å²) in [6.45, 7) is 0. The van der Waals surface area contributed by atoms with Crippen LogP contribution in [0.15, 0.2) is 52.2 Å². The van der Waals surface area contributed by atoms with Gasteiger partial charge in [-0.2, -0.15) is 5.10 Å². The summed E-state index contributed by atoms with van der Waals surface area (Å²) < 4.78 is 5.08. The second-order valence-electron chi connectivity index (χ2n) is 3.35. The first-order chi connectivity index (χ1) is 8.74. The van der Waals surface area contributed by atoms with E-state index in [1.54, 1.807) is 30.5 Å². The molecule has 0 radical (unpaired) electrons. The average Bonchev–Trinajstić information content (AvgIpc) is 2.82. The lowest BCUT2D eigenvalue weighted by Crippen LogP contribution is -2.23. The highest BCUT2D eigenvalue weighted by molar-refractivity contribution is 7.80. The minimum absolute atomic E-state index is 0.375. The predicted octanol–water partition coefficient (Wildman–Crippen LogP) is 3.25. The largest absolute Gasteiger partial charge is 0.463 e. The van der Waals surface area contributed by atoms with Gasteiger partial charge >= 0.3 is 0 Å². The SMILES string of the molecule is S=C(N/N=C\c1ccco1)Nc1cccc(Cl)c1. The van der Waals surface area contributed by atoms with Gasteiger partial charge in [0, 0.05) is 10.7 Å². The Kier molecular flexibility index (Phi) is 4.33. The standard InChI is InChI=1S/C12H10ClN3OS/c13-9-3-1-4-10(7-9)15-12(18)16-14-8-11-5-2-6-17-11/h1-8H,(H2,15,16,18)/b14-8-. The van der Waals surface area contributed by atoms with Gasteiger partial charge in [0.05, 0.1) is 12.5 Å². The predicted molar refractivity (Wildman–Crippen MR) is 77.1 cm³/mol. The minimum atomic E-state index is 0.375. The van der Waals surface area contributed by atoms with E-state index in [0.717, 1.165) is 5.69 Å². The van der Waals surface area contributed by atoms with Gasteiger partial charge in [-0.1, -0.05) is 17.7 Å². The number of thiocarbonyl (C=S) groups is 1. The van der Waals surface area contributed by atoms with E-state index in [1.165, 1.54) is 6.21 Å². The third-order valence-electron chi connectivity index (χ3n) is 1.98. The molecule has 0 aliphatic rings. The smallest absolute Gasteiger partial charge is 0.191 e. The van der Waals surface area contributed by atoms with Gasteiger partial charge in [0.2, 0.25) is 0 Å². The van der Waals surface area contributed by atoms with Gasteiger partial charge in [-0.15, -0.1) is 0 Å². The molecule has 92 valence electrons. The second-order valence-corrected chi connectivity index (χ2v) is 4.19. The number of hydrogen-bond donors (Lipinski definition) is 2. The van der Waals surface area contributed by atoms with Crippen LogP contribution in [-0.2, 0) is 0 Å². The topological polar surface area (TPSA) is 49.6 Å². The first-order valence-electron chi connectivity index (χ1n) is 5.13. The van der Waals surface area contributed by atoms with Gasteiger partial charge in [-0.05, 0) is 42.5 Å². The summed E-state index contributed by atoms with van der Waals surface area (Å²) in [4.78, 5) is 0. The molecule has 1 aromatic heterocycles. The van der Waals surface area contributed by atoms with Gasteiger partial charge < -0.3 is 9.73 Å². The minimum Gasteiger partial charge on any atom is -0.463 e. The van der Waals surface area contributed by atoms with E-state index in [0.29, 0.717) is 15.9 Å². The molecule has 0 fully saturated rings. The Morgan fingerprint density at radius 1 is 1.33 bits per heavy atom. The maximum absolute atomic E-state index is 5.85. The molecule has 1 heterocycles. The third-order valence-corrected chi connectivity index (χ3v) is 2.41. The maximum atomic E-state index is 5.85. The van der Waals surface area contributed by atoms with Crippen LogP contribution in [0.1, 0.15) is 5.76 Å². The number of benzene rings is 1. The van der Waals surface area contributed by atoms with Crippen LogP contribution < -0.4 is 10.7 Å². The fraction of sp³-hybridized carbons (Fsp3) is 0. The van der Waals surface area contributed by atoms with Crippen molar-refractivity contribution in [2.45, 2.75) is 0 Å². The number of halogens is 1. The van der Waals surface area contributed by atoms with Crippen molar-refractivity contribution in [1.82, 2.24) is 5.43 Å². The summed E-state index contributed by atoms with van der Waals surface area (Å²) in [5, 5.41) is 7.90. The molecule has 0 aliphatic carbocycles. The van der Waals surface area contributed by atoms with Crippen LogP contribution in [-0.4, -0.2) is 11.3 Å². The fourth-order valence-electron chi connectivity index (χ4n) is 1.24. The lowest BCUT2D eigenvalue weighted by molar-refractivity contribution is 0.560. The summed E-state index contributed by atoms with van der Waals surface area (Å²) in [6.07, 6.45) is 3.11. The molecule has 18 heavy (non-hydrogen) atoms. The molecule has 0 atom stereocenters. The number of nitrogens with one attached hydrogen (secondary N) is 2. The van der Waals surface area contributed by atoms with Crippen LogP contribution >= 0.6 is 23.8 Å². The van der Waals surface area contributed by atoms with Crippen LogP contribution in [0.25, 0.3) is 0 Å². The van der Waals surface area contributed by atoms with Gasteiger partial charge in [0.15, 0.2) is 5.11 Å². The van der Waals surface area contributed by atoms with Gasteiger partial charge in [0.1, 0.15) is 5.76 Å². The van der Waals surface area contributed by atoms with Gasteiger partial charge in [0.25, 0.3) is 0 Å². The van der Waals surface area contributed by atoms with E-state index in [2.05, 4.69) is 15.8 Å². The molecule has 0 aliphatic heterocycles. The molecule has 1 aromatic carbocycles. The van der Waals surface area contributed by atoms with Crippen LogP contribution in [0.3, 0.4) is 0 Å². The zero-order valence-electron chi connectivity index (χ0n) is 9.26. The highest BCUT2D eigenvalue weighted by atomic mass is 35.5. The number of hydrazone groups is 1. The van der Waals surface area contributed by atoms with E-state index >= 15 is 0 Å². The Morgan fingerprint density at radius 2 is 2.22 bits per heavy atom. The van der Waals surface area contributed by atoms with Gasteiger partial charge in [-0.25, -0.2) is 0 Å². The molecule has 0 spiro atoms. The molecule has 4 nitrogen and oxygen atoms in total. The Hall–Kier alpha value is -1.85. The number of furan rings is 1. The first-order valence-corrected chi connectivity index (χ1v) is 5.92. The Balaban J connectivity index is 1.86. The molecule has 0 saturated carbocycles. The second kappa shape index (κ2) is 6.18. The summed E-state index contributed by atoms with van der Waals surface area (Å²) in [5.41, 5.74) is 3.47. The highest BCUT2D eigenvalue weighted by Gasteiger charge is 1.96. The van der Waals surface area contributed by atoms with Crippen molar-refractivity contribution in [3.63, 3.8) is 0 Å². The van der Waals surface area contributed by atoms with E-state index in [-0.39, 0.29) is 0 Å². The van der Waals surface area contributed by atoms with E-state index in [9.17, 15) is 0 Å². The van der Waals surface area contributed by atoms with Crippen molar-refractivity contribution in [2.75, 3.05) is 5.32 Å². The normalized spacial score (nSPS) is 10.5. The number of nitrogens with zero attached hydrogens (tertiary/aromatic N) is 1. The maximum Gasteiger partial charge on any atom is 0.191 e. The van der Waals surface area contributed by atoms with Crippen molar-refractivity contribution >= 4 is 40.8 Å². The molecule has 2 aromatic rings. The summed E-state index contributed by atoms with van der Waals surface area (Å²) in [6, 6.07) is 10.8. The average molecular weight is 280 g/mol. The van der Waals surface area contributed by atoms with Crippen LogP contribution in [0.2, 0.25) is 5.02 Å². The molecule has 0 amide bonds. The van der Waals surface area contributed by atoms with E-state index < -0.39 is 0 Å². The van der Waals surface area contributed by atoms with Crippen LogP contribution in [0.5, 0.6) is 0 Å². The molecule has 0 saturated heterocycles. The zero-order chi connectivity index (χ0) is 12.8. The molecule has 6 heteroatoms. The molecular formula is C12H10ClN3OS. The van der Waals surface area contributed by atoms with Crippen molar-refractivity contribution in [3.05, 3.63) is 53.4 Å². The van der Waals surface area contributed by atoms with Crippen LogP contribution in [0, 0.1) is 0 Å². The third kappa shape index (κ3) is 3.87. The first kappa shape index (κ1) is 12.6. The Labute approximate surface area is 115 Å². The highest BCUT2D eigenvalue weighted by Crippen LogP contribution is 2.14. The monoisotopic (exact) mass is 279 g/mol. The zero-order valence-corrected chi connectivity index (χ0v) is 10.8. The van der Waals surface area contributed by atoms with Crippen molar-refractivity contribution in [3.8, 4) is 0 Å². The van der Waals surface area contributed by atoms with Crippen molar-refractivity contribution < 1.29 is 4.42 Å². The lowest BCUT2D eigenvalue weighted by Gasteiger charge is -2.06. The van der Waals surface area contributed by atoms with Crippen LogP contribution in [0.4, 0.5) is 5.69 Å². The molecule has 2 N–H and O–H groups in total. The quantitative estimate of drug-likeness (QED) is 0.514. The lowest BCUT2D eigenvalue weighted by atomic mass is 10.3. The van der Waals surface area contributed by atoms with Crippen molar-refractivity contribution in [1.29, 1.82) is 0 Å².